The Morgan fingerprint density at radius 2 is 2.12 bits per heavy atom. The zero-order valence-electron chi connectivity index (χ0n) is 14.4. The van der Waals surface area contributed by atoms with Gasteiger partial charge in [-0.2, -0.15) is 0 Å². The van der Waals surface area contributed by atoms with Crippen LogP contribution in [0.1, 0.15) is 49.4 Å². The molecule has 0 aliphatic heterocycles. The molecule has 1 unspecified atom stereocenters. The van der Waals surface area contributed by atoms with Crippen molar-refractivity contribution in [2.24, 2.45) is 0 Å². The first-order chi connectivity index (χ1) is 12.4. The molecule has 1 aromatic rings. The third kappa shape index (κ3) is 4.50. The lowest BCUT2D eigenvalue weighted by molar-refractivity contribution is -0.385. The first-order valence-electron chi connectivity index (χ1n) is 8.41. The number of aliphatic hydroxyl groups is 1. The van der Waals surface area contributed by atoms with Gasteiger partial charge in [0.1, 0.15) is 22.6 Å². The first kappa shape index (κ1) is 20.1. The van der Waals surface area contributed by atoms with E-state index in [-0.39, 0.29) is 28.7 Å². The van der Waals surface area contributed by atoms with E-state index in [1.807, 2.05) is 0 Å². The molecule has 0 spiro atoms. The highest BCUT2D eigenvalue weighted by Crippen LogP contribution is 2.34. The van der Waals surface area contributed by atoms with Gasteiger partial charge in [0, 0.05) is 6.04 Å². The van der Waals surface area contributed by atoms with Crippen molar-refractivity contribution in [1.82, 2.24) is 4.90 Å². The number of carbonyl (C=O) groups excluding carboxylic acids is 2. The van der Waals surface area contributed by atoms with E-state index in [4.69, 9.17) is 16.3 Å². The number of nitro benzene ring substituents is 1. The zero-order valence-corrected chi connectivity index (χ0v) is 15.1. The number of halogens is 1. The highest BCUT2D eigenvalue weighted by atomic mass is 35.5. The van der Waals surface area contributed by atoms with Crippen LogP contribution in [0.2, 0.25) is 5.02 Å². The first-order valence-corrected chi connectivity index (χ1v) is 8.78. The van der Waals surface area contributed by atoms with E-state index in [1.54, 1.807) is 0 Å². The molecule has 8 nitrogen and oxygen atoms in total. The van der Waals surface area contributed by atoms with Crippen LogP contribution in [0.15, 0.2) is 12.1 Å². The molecule has 1 aromatic carbocycles. The van der Waals surface area contributed by atoms with Crippen LogP contribution in [0.3, 0.4) is 0 Å². The van der Waals surface area contributed by atoms with Crippen LogP contribution in [0, 0.1) is 10.1 Å². The molecule has 1 aliphatic rings. The average molecular weight is 385 g/mol. The number of nitro groups is 1. The fourth-order valence-corrected chi connectivity index (χ4v) is 3.51. The van der Waals surface area contributed by atoms with Gasteiger partial charge in [0.2, 0.25) is 0 Å². The quantitative estimate of drug-likeness (QED) is 0.335. The predicted molar refractivity (Wildman–Crippen MR) is 94.4 cm³/mol. The molecule has 1 N–H and O–H groups in total. The number of nitrogens with zero attached hydrogens (tertiary/aromatic N) is 2. The van der Waals surface area contributed by atoms with Gasteiger partial charge >= 0.3 is 5.69 Å². The van der Waals surface area contributed by atoms with Crippen LogP contribution >= 0.6 is 11.6 Å². The Labute approximate surface area is 155 Å². The van der Waals surface area contributed by atoms with Crippen LogP contribution in [-0.2, 0) is 4.79 Å². The minimum atomic E-state index is -0.973. The summed E-state index contributed by atoms with van der Waals surface area (Å²) in [7, 11) is 0. The standard InChI is InChI=1S/C17H21ClN2O6/c1-11(22)19(12-5-3-2-4-6-12)16(23)10-26-15-8-7-14(18)17(20(24)25)13(15)9-21/h7-9,11-12,22H,2-6,10H2,1H3. The number of carbonyl (C=O) groups is 2. The Kier molecular flexibility index (Phi) is 6.93. The molecule has 1 saturated carbocycles. The maximum absolute atomic E-state index is 12.5. The molecule has 1 atom stereocenters. The van der Waals surface area contributed by atoms with Crippen molar-refractivity contribution in [2.45, 2.75) is 51.3 Å². The average Bonchev–Trinajstić information content (AvgIpc) is 2.60. The SMILES string of the molecule is CC(O)N(C(=O)COc1ccc(Cl)c([N+](=O)[O-])c1C=O)C1CCCCC1. The summed E-state index contributed by atoms with van der Waals surface area (Å²) in [6.07, 6.45) is 4.00. The lowest BCUT2D eigenvalue weighted by Gasteiger charge is -2.36. The lowest BCUT2D eigenvalue weighted by atomic mass is 9.94. The minimum absolute atomic E-state index is 0.0649. The molecule has 9 heteroatoms. The van der Waals surface area contributed by atoms with Crippen LogP contribution in [0.4, 0.5) is 5.69 Å². The van der Waals surface area contributed by atoms with Crippen LogP contribution in [-0.4, -0.2) is 46.0 Å². The van der Waals surface area contributed by atoms with Crippen molar-refractivity contribution in [3.8, 4) is 5.75 Å². The molecule has 2 rings (SSSR count). The second-order valence-electron chi connectivity index (χ2n) is 6.20. The van der Waals surface area contributed by atoms with Gasteiger partial charge in [-0.05, 0) is 31.9 Å². The van der Waals surface area contributed by atoms with Gasteiger partial charge in [-0.15, -0.1) is 0 Å². The second-order valence-corrected chi connectivity index (χ2v) is 6.60. The van der Waals surface area contributed by atoms with Crippen molar-refractivity contribution in [3.05, 3.63) is 32.8 Å². The van der Waals surface area contributed by atoms with Crippen molar-refractivity contribution in [1.29, 1.82) is 0 Å². The normalized spacial score (nSPS) is 16.0. The van der Waals surface area contributed by atoms with Crippen LogP contribution < -0.4 is 4.74 Å². The van der Waals surface area contributed by atoms with Crippen molar-refractivity contribution < 1.29 is 24.4 Å². The van der Waals surface area contributed by atoms with Crippen LogP contribution in [0.25, 0.3) is 0 Å². The van der Waals surface area contributed by atoms with E-state index in [2.05, 4.69) is 0 Å². The van der Waals surface area contributed by atoms with Crippen molar-refractivity contribution in [3.63, 3.8) is 0 Å². The number of amides is 1. The Balaban J connectivity index is 2.16. The molecule has 26 heavy (non-hydrogen) atoms. The summed E-state index contributed by atoms with van der Waals surface area (Å²) < 4.78 is 5.36. The number of benzene rings is 1. The van der Waals surface area contributed by atoms with Gasteiger partial charge < -0.3 is 14.7 Å². The number of aliphatic hydroxyl groups excluding tert-OH is 1. The molecule has 0 saturated heterocycles. The topological polar surface area (TPSA) is 110 Å². The summed E-state index contributed by atoms with van der Waals surface area (Å²) in [6, 6.07) is 2.48. The number of rotatable bonds is 7. The number of hydrogen-bond donors (Lipinski definition) is 1. The predicted octanol–water partition coefficient (Wildman–Crippen LogP) is 2.94. The summed E-state index contributed by atoms with van der Waals surface area (Å²) in [4.78, 5) is 35.5. The maximum atomic E-state index is 12.5. The molecule has 0 aromatic heterocycles. The molecule has 0 bridgehead atoms. The molecule has 0 heterocycles. The van der Waals surface area contributed by atoms with Crippen molar-refractivity contribution in [2.75, 3.05) is 6.61 Å². The fourth-order valence-electron chi connectivity index (χ4n) is 3.28. The fraction of sp³-hybridized carbons (Fsp3) is 0.529. The Hall–Kier alpha value is -2.19. The molecule has 0 radical (unpaired) electrons. The van der Waals surface area contributed by atoms with Crippen molar-refractivity contribution >= 4 is 29.5 Å². The van der Waals surface area contributed by atoms with Crippen LogP contribution in [0.5, 0.6) is 5.75 Å². The summed E-state index contributed by atoms with van der Waals surface area (Å²) in [5.41, 5.74) is -0.886. The smallest absolute Gasteiger partial charge is 0.302 e. The third-order valence-corrected chi connectivity index (χ3v) is 4.74. The monoisotopic (exact) mass is 384 g/mol. The largest absolute Gasteiger partial charge is 0.483 e. The molecule has 1 fully saturated rings. The van der Waals surface area contributed by atoms with E-state index in [0.717, 1.165) is 32.1 Å². The molecule has 1 aliphatic carbocycles. The molecule has 1 amide bonds. The van der Waals surface area contributed by atoms with Gasteiger partial charge in [0.15, 0.2) is 12.9 Å². The van der Waals surface area contributed by atoms with Gasteiger partial charge in [-0.25, -0.2) is 0 Å². The van der Waals surface area contributed by atoms with E-state index in [1.165, 1.54) is 24.0 Å². The summed E-state index contributed by atoms with van der Waals surface area (Å²) in [5, 5.41) is 20.9. The molecular formula is C17H21ClN2O6. The molecular weight excluding hydrogens is 364 g/mol. The Bertz CT molecular complexity index is 688. The van der Waals surface area contributed by atoms with Gasteiger partial charge in [-0.1, -0.05) is 30.9 Å². The Morgan fingerprint density at radius 1 is 1.46 bits per heavy atom. The Morgan fingerprint density at radius 3 is 2.65 bits per heavy atom. The van der Waals surface area contributed by atoms with E-state index >= 15 is 0 Å². The van der Waals surface area contributed by atoms with E-state index < -0.39 is 29.4 Å². The maximum Gasteiger partial charge on any atom is 0.302 e. The minimum Gasteiger partial charge on any atom is -0.483 e. The number of ether oxygens (including phenoxy) is 1. The summed E-state index contributed by atoms with van der Waals surface area (Å²) in [5.74, 6) is -0.542. The second kappa shape index (κ2) is 8.95. The summed E-state index contributed by atoms with van der Waals surface area (Å²) in [6.45, 7) is 1.07. The van der Waals surface area contributed by atoms with Gasteiger partial charge in [0.25, 0.3) is 5.91 Å². The number of aldehydes is 1. The molecule has 142 valence electrons. The zero-order chi connectivity index (χ0) is 19.3. The lowest BCUT2D eigenvalue weighted by Crippen LogP contribution is -2.48. The highest BCUT2D eigenvalue weighted by molar-refractivity contribution is 6.33. The number of hydrogen-bond acceptors (Lipinski definition) is 6. The van der Waals surface area contributed by atoms with E-state index in [9.17, 15) is 24.8 Å². The van der Waals surface area contributed by atoms with Gasteiger partial charge in [-0.3, -0.25) is 19.7 Å². The third-order valence-electron chi connectivity index (χ3n) is 4.44. The summed E-state index contributed by atoms with van der Waals surface area (Å²) >= 11 is 5.77. The van der Waals surface area contributed by atoms with Gasteiger partial charge in [0.05, 0.1) is 4.92 Å². The highest BCUT2D eigenvalue weighted by Gasteiger charge is 2.29. The van der Waals surface area contributed by atoms with E-state index in [0.29, 0.717) is 0 Å².